The summed E-state index contributed by atoms with van der Waals surface area (Å²) in [4.78, 5) is 0. The maximum atomic E-state index is 5.84. The molecule has 2 heteroatoms. The van der Waals surface area contributed by atoms with Crippen LogP contribution in [0.4, 0.5) is 0 Å². The average Bonchev–Trinajstić information content (AvgIpc) is 3.10. The van der Waals surface area contributed by atoms with Crippen LogP contribution < -0.4 is 11.1 Å². The van der Waals surface area contributed by atoms with Gasteiger partial charge in [-0.2, -0.15) is 0 Å². The van der Waals surface area contributed by atoms with Gasteiger partial charge in [0.1, 0.15) is 0 Å². The Morgan fingerprint density at radius 3 is 2.35 bits per heavy atom. The zero-order chi connectivity index (χ0) is 12.3. The summed E-state index contributed by atoms with van der Waals surface area (Å²) in [6, 6.07) is 9.98. The van der Waals surface area contributed by atoms with Crippen molar-refractivity contribution in [2.75, 3.05) is 6.54 Å². The van der Waals surface area contributed by atoms with E-state index in [9.17, 15) is 0 Å². The van der Waals surface area contributed by atoms with E-state index >= 15 is 0 Å². The fourth-order valence-electron chi connectivity index (χ4n) is 2.19. The summed E-state index contributed by atoms with van der Waals surface area (Å²) in [5.41, 5.74) is 8.59. The Hall–Kier alpha value is -0.860. The lowest BCUT2D eigenvalue weighted by Gasteiger charge is -2.17. The molecule has 94 valence electrons. The van der Waals surface area contributed by atoms with Gasteiger partial charge >= 0.3 is 0 Å². The summed E-state index contributed by atoms with van der Waals surface area (Å²) in [5.74, 6) is 0.718. The normalized spacial score (nSPS) is 17.4. The van der Waals surface area contributed by atoms with Gasteiger partial charge in [0.2, 0.25) is 0 Å². The number of nitrogens with two attached hydrogens (primary N) is 1. The largest absolute Gasteiger partial charge is 0.329 e. The van der Waals surface area contributed by atoms with Gasteiger partial charge in [0.25, 0.3) is 0 Å². The van der Waals surface area contributed by atoms with Crippen LogP contribution in [0.5, 0.6) is 0 Å². The molecule has 1 fully saturated rings. The second-order valence-corrected chi connectivity index (χ2v) is 5.57. The second-order valence-electron chi connectivity index (χ2n) is 5.57. The summed E-state index contributed by atoms with van der Waals surface area (Å²) in [6.45, 7) is 5.19. The minimum absolute atomic E-state index is 0.329. The standard InChI is InChI=1S/C15H24N2/c1-11(2)9-12-3-5-13(6-4-12)15(10-16)17-14-7-8-14/h3-6,11,14-15,17H,7-10,16H2,1-2H3. The van der Waals surface area contributed by atoms with Crippen molar-refractivity contribution in [3.8, 4) is 0 Å². The number of nitrogens with one attached hydrogen (secondary N) is 1. The van der Waals surface area contributed by atoms with Gasteiger partial charge in [-0.25, -0.2) is 0 Å². The Labute approximate surface area is 105 Å². The Morgan fingerprint density at radius 2 is 1.88 bits per heavy atom. The molecule has 1 unspecified atom stereocenters. The summed E-state index contributed by atoms with van der Waals surface area (Å²) in [6.07, 6.45) is 3.77. The molecule has 0 amide bonds. The molecular formula is C15H24N2. The fraction of sp³-hybridized carbons (Fsp3) is 0.600. The van der Waals surface area contributed by atoms with E-state index in [0.717, 1.165) is 12.3 Å². The topological polar surface area (TPSA) is 38.0 Å². The van der Waals surface area contributed by atoms with Crippen LogP contribution >= 0.6 is 0 Å². The Balaban J connectivity index is 1.99. The minimum atomic E-state index is 0.329. The predicted octanol–water partition coefficient (Wildman–Crippen LogP) is 2.64. The van der Waals surface area contributed by atoms with Crippen LogP contribution in [0.15, 0.2) is 24.3 Å². The highest BCUT2D eigenvalue weighted by Gasteiger charge is 2.24. The molecular weight excluding hydrogens is 208 g/mol. The highest BCUT2D eigenvalue weighted by atomic mass is 15.0. The maximum absolute atomic E-state index is 5.84. The van der Waals surface area contributed by atoms with Crippen molar-refractivity contribution >= 4 is 0 Å². The third kappa shape index (κ3) is 3.83. The van der Waals surface area contributed by atoms with Crippen LogP contribution in [-0.4, -0.2) is 12.6 Å². The summed E-state index contributed by atoms with van der Waals surface area (Å²) < 4.78 is 0. The van der Waals surface area contributed by atoms with Crippen molar-refractivity contribution in [3.05, 3.63) is 35.4 Å². The van der Waals surface area contributed by atoms with E-state index in [2.05, 4.69) is 43.4 Å². The number of rotatable bonds is 6. The molecule has 0 radical (unpaired) electrons. The zero-order valence-electron chi connectivity index (χ0n) is 10.9. The van der Waals surface area contributed by atoms with Gasteiger partial charge in [-0.3, -0.25) is 0 Å². The van der Waals surface area contributed by atoms with E-state index in [1.165, 1.54) is 24.0 Å². The van der Waals surface area contributed by atoms with Gasteiger partial charge in [-0.1, -0.05) is 38.1 Å². The fourth-order valence-corrected chi connectivity index (χ4v) is 2.19. The van der Waals surface area contributed by atoms with Gasteiger partial charge < -0.3 is 11.1 Å². The highest BCUT2D eigenvalue weighted by Crippen LogP contribution is 2.24. The molecule has 2 rings (SSSR count). The first-order valence-corrected chi connectivity index (χ1v) is 6.74. The van der Waals surface area contributed by atoms with Crippen molar-refractivity contribution in [2.24, 2.45) is 11.7 Å². The molecule has 0 spiro atoms. The van der Waals surface area contributed by atoms with E-state index in [-0.39, 0.29) is 0 Å². The van der Waals surface area contributed by atoms with Crippen molar-refractivity contribution in [3.63, 3.8) is 0 Å². The monoisotopic (exact) mass is 232 g/mol. The van der Waals surface area contributed by atoms with E-state index in [4.69, 9.17) is 5.73 Å². The first kappa shape index (κ1) is 12.6. The molecule has 0 aromatic heterocycles. The molecule has 1 atom stereocenters. The maximum Gasteiger partial charge on any atom is 0.0446 e. The average molecular weight is 232 g/mol. The highest BCUT2D eigenvalue weighted by molar-refractivity contribution is 5.26. The summed E-state index contributed by atoms with van der Waals surface area (Å²) >= 11 is 0. The minimum Gasteiger partial charge on any atom is -0.329 e. The van der Waals surface area contributed by atoms with Crippen LogP contribution in [0.2, 0.25) is 0 Å². The molecule has 0 saturated heterocycles. The Morgan fingerprint density at radius 1 is 1.24 bits per heavy atom. The van der Waals surface area contributed by atoms with Crippen molar-refractivity contribution in [1.82, 2.24) is 5.32 Å². The van der Waals surface area contributed by atoms with Crippen LogP contribution in [0.25, 0.3) is 0 Å². The van der Waals surface area contributed by atoms with Crippen molar-refractivity contribution in [2.45, 2.75) is 45.2 Å². The molecule has 1 aromatic rings. The number of hydrogen-bond donors (Lipinski definition) is 2. The zero-order valence-corrected chi connectivity index (χ0v) is 10.9. The molecule has 0 bridgehead atoms. The molecule has 1 saturated carbocycles. The van der Waals surface area contributed by atoms with Crippen molar-refractivity contribution < 1.29 is 0 Å². The predicted molar refractivity (Wildman–Crippen MR) is 72.9 cm³/mol. The van der Waals surface area contributed by atoms with E-state index in [0.29, 0.717) is 18.6 Å². The molecule has 1 aliphatic rings. The number of hydrogen-bond acceptors (Lipinski definition) is 2. The van der Waals surface area contributed by atoms with Gasteiger partial charge in [0.15, 0.2) is 0 Å². The molecule has 1 aromatic carbocycles. The van der Waals surface area contributed by atoms with Crippen LogP contribution in [0, 0.1) is 5.92 Å². The Bertz CT molecular complexity index is 338. The van der Waals surface area contributed by atoms with Gasteiger partial charge in [0, 0.05) is 18.6 Å². The second kappa shape index (κ2) is 5.65. The van der Waals surface area contributed by atoms with E-state index in [1.54, 1.807) is 0 Å². The summed E-state index contributed by atoms with van der Waals surface area (Å²) in [7, 11) is 0. The molecule has 17 heavy (non-hydrogen) atoms. The lowest BCUT2D eigenvalue weighted by Crippen LogP contribution is -2.29. The SMILES string of the molecule is CC(C)Cc1ccc(C(CN)NC2CC2)cc1. The summed E-state index contributed by atoms with van der Waals surface area (Å²) in [5, 5.41) is 3.59. The molecule has 1 aliphatic carbocycles. The molecule has 3 N–H and O–H groups in total. The smallest absolute Gasteiger partial charge is 0.0446 e. The first-order valence-electron chi connectivity index (χ1n) is 6.74. The van der Waals surface area contributed by atoms with Crippen LogP contribution in [0.1, 0.15) is 43.9 Å². The van der Waals surface area contributed by atoms with Gasteiger partial charge in [-0.05, 0) is 36.3 Å². The van der Waals surface area contributed by atoms with Gasteiger partial charge in [-0.15, -0.1) is 0 Å². The quantitative estimate of drug-likeness (QED) is 0.791. The van der Waals surface area contributed by atoms with Gasteiger partial charge in [0.05, 0.1) is 0 Å². The Kier molecular flexibility index (Phi) is 4.19. The third-order valence-corrected chi connectivity index (χ3v) is 3.28. The lowest BCUT2D eigenvalue weighted by molar-refractivity contribution is 0.538. The van der Waals surface area contributed by atoms with Crippen LogP contribution in [-0.2, 0) is 6.42 Å². The molecule has 2 nitrogen and oxygen atoms in total. The third-order valence-electron chi connectivity index (χ3n) is 3.28. The van der Waals surface area contributed by atoms with Crippen LogP contribution in [0.3, 0.4) is 0 Å². The van der Waals surface area contributed by atoms with E-state index < -0.39 is 0 Å². The molecule has 0 heterocycles. The lowest BCUT2D eigenvalue weighted by atomic mass is 9.99. The first-order chi connectivity index (χ1) is 8.19. The number of benzene rings is 1. The van der Waals surface area contributed by atoms with E-state index in [1.807, 2.05) is 0 Å². The molecule has 0 aliphatic heterocycles. The van der Waals surface area contributed by atoms with Crippen molar-refractivity contribution in [1.29, 1.82) is 0 Å².